The smallest absolute Gasteiger partial charge is 0.213 e. The minimum atomic E-state index is -0.0432. The van der Waals surface area contributed by atoms with Gasteiger partial charge in [0.2, 0.25) is 5.88 Å². The van der Waals surface area contributed by atoms with Crippen molar-refractivity contribution in [3.63, 3.8) is 0 Å². The zero-order valence-corrected chi connectivity index (χ0v) is 22.7. The van der Waals surface area contributed by atoms with Gasteiger partial charge in [-0.1, -0.05) is 30.3 Å². The van der Waals surface area contributed by atoms with Crippen molar-refractivity contribution in [2.45, 2.75) is 57.0 Å². The van der Waals surface area contributed by atoms with Crippen molar-refractivity contribution in [2.75, 3.05) is 33.0 Å². The van der Waals surface area contributed by atoms with E-state index in [2.05, 4.69) is 65.1 Å². The van der Waals surface area contributed by atoms with Crippen molar-refractivity contribution in [3.8, 4) is 17.0 Å². The monoisotopic (exact) mass is 530 g/mol. The molecule has 2 aromatic heterocycles. The van der Waals surface area contributed by atoms with Crippen molar-refractivity contribution in [1.82, 2.24) is 9.55 Å². The number of rotatable bonds is 12. The molecular formula is C32H38N2O5. The van der Waals surface area contributed by atoms with Crippen molar-refractivity contribution in [1.29, 1.82) is 0 Å². The number of hydrogen-bond acceptors (Lipinski definition) is 6. The molecule has 1 atom stereocenters. The molecule has 7 nitrogen and oxygen atoms in total. The quantitative estimate of drug-likeness (QED) is 0.201. The number of hydrogen-bond donors (Lipinski definition) is 0. The summed E-state index contributed by atoms with van der Waals surface area (Å²) in [6.07, 6.45) is 8.28. The minimum absolute atomic E-state index is 0.0432. The Hall–Kier alpha value is -2.97. The number of benzene rings is 2. The summed E-state index contributed by atoms with van der Waals surface area (Å²) in [5, 5.41) is 2.56. The lowest BCUT2D eigenvalue weighted by Crippen LogP contribution is -2.39. The molecule has 0 N–H and O–H groups in total. The van der Waals surface area contributed by atoms with Gasteiger partial charge in [-0.15, -0.1) is 0 Å². The predicted octanol–water partition coefficient (Wildman–Crippen LogP) is 6.27. The van der Waals surface area contributed by atoms with Gasteiger partial charge in [-0.05, 0) is 49.4 Å². The second-order valence-corrected chi connectivity index (χ2v) is 10.5. The third-order valence-electron chi connectivity index (χ3n) is 7.78. The number of aryl methyl sites for hydroxylation is 1. The summed E-state index contributed by atoms with van der Waals surface area (Å²) in [5.74, 6) is 0.669. The van der Waals surface area contributed by atoms with Crippen LogP contribution in [-0.2, 0) is 26.0 Å². The number of fused-ring (bicyclic) bond motifs is 3. The Balaban J connectivity index is 0.892. The standard InChI is InChI=1S/C32H38N2O5/c1-34-29-8-3-2-7-27(29)28-12-10-23(19-30(28)34)24-11-13-31(33-22-24)39-26-20-25(21-26)36-16-6-14-35-17-18-38-32-9-4-5-15-37-32/h2-3,7-8,10-13,19,22,25-26,32H,4-6,9,14-18,20-21H2,1H3. The van der Waals surface area contributed by atoms with Crippen LogP contribution in [0.15, 0.2) is 60.8 Å². The summed E-state index contributed by atoms with van der Waals surface area (Å²) in [6, 6.07) is 19.2. The lowest BCUT2D eigenvalue weighted by molar-refractivity contribution is -0.169. The zero-order chi connectivity index (χ0) is 26.4. The second-order valence-electron chi connectivity index (χ2n) is 10.5. The summed E-state index contributed by atoms with van der Waals surface area (Å²) >= 11 is 0. The number of pyridine rings is 1. The Morgan fingerprint density at radius 1 is 0.846 bits per heavy atom. The molecule has 1 aliphatic heterocycles. The van der Waals surface area contributed by atoms with E-state index in [1.54, 1.807) is 0 Å². The molecule has 3 heterocycles. The van der Waals surface area contributed by atoms with E-state index in [1.807, 2.05) is 12.3 Å². The molecule has 4 aromatic rings. The highest BCUT2D eigenvalue weighted by molar-refractivity contribution is 6.08. The summed E-state index contributed by atoms with van der Waals surface area (Å²) in [5.41, 5.74) is 4.70. The van der Waals surface area contributed by atoms with Crippen LogP contribution in [0.25, 0.3) is 32.9 Å². The maximum atomic E-state index is 6.08. The van der Waals surface area contributed by atoms with Crippen molar-refractivity contribution < 1.29 is 23.7 Å². The number of nitrogens with zero attached hydrogens (tertiary/aromatic N) is 2. The Kier molecular flexibility index (Phi) is 8.40. The molecule has 2 aromatic carbocycles. The Morgan fingerprint density at radius 3 is 2.56 bits per heavy atom. The predicted molar refractivity (Wildman–Crippen MR) is 152 cm³/mol. The van der Waals surface area contributed by atoms with E-state index in [0.29, 0.717) is 32.3 Å². The van der Waals surface area contributed by atoms with Crippen molar-refractivity contribution >= 4 is 21.8 Å². The van der Waals surface area contributed by atoms with E-state index in [1.165, 1.54) is 28.2 Å². The number of para-hydroxylation sites is 1. The Bertz CT molecular complexity index is 1360. The van der Waals surface area contributed by atoms with Crippen LogP contribution in [-0.4, -0.2) is 61.1 Å². The first kappa shape index (κ1) is 26.3. The van der Waals surface area contributed by atoms with E-state index in [-0.39, 0.29) is 18.5 Å². The first-order chi connectivity index (χ1) is 19.2. The van der Waals surface area contributed by atoms with Crippen LogP contribution < -0.4 is 4.74 Å². The van der Waals surface area contributed by atoms with Crippen molar-refractivity contribution in [2.24, 2.45) is 7.05 Å². The average Bonchev–Trinajstić information content (AvgIpc) is 3.25. The lowest BCUT2D eigenvalue weighted by Gasteiger charge is -2.34. The molecule has 6 rings (SSSR count). The molecule has 0 bridgehead atoms. The highest BCUT2D eigenvalue weighted by Crippen LogP contribution is 2.32. The van der Waals surface area contributed by atoms with Crippen LogP contribution in [0.5, 0.6) is 5.88 Å². The fourth-order valence-corrected chi connectivity index (χ4v) is 5.48. The molecule has 0 amide bonds. The van der Waals surface area contributed by atoms with Gasteiger partial charge in [-0.3, -0.25) is 0 Å². The molecule has 1 unspecified atom stereocenters. The van der Waals surface area contributed by atoms with E-state index in [0.717, 1.165) is 49.8 Å². The maximum Gasteiger partial charge on any atom is 0.213 e. The molecule has 0 spiro atoms. The second kappa shape index (κ2) is 12.5. The van der Waals surface area contributed by atoms with Gasteiger partial charge < -0.3 is 28.3 Å². The highest BCUT2D eigenvalue weighted by Gasteiger charge is 2.31. The highest BCUT2D eigenvalue weighted by atomic mass is 16.7. The molecule has 2 fully saturated rings. The summed E-state index contributed by atoms with van der Waals surface area (Å²) in [4.78, 5) is 4.58. The molecule has 1 saturated heterocycles. The molecule has 1 aliphatic carbocycles. The van der Waals surface area contributed by atoms with Crippen LogP contribution in [0.2, 0.25) is 0 Å². The molecule has 1 saturated carbocycles. The lowest BCUT2D eigenvalue weighted by atomic mass is 9.92. The van der Waals surface area contributed by atoms with Crippen molar-refractivity contribution in [3.05, 3.63) is 60.8 Å². The summed E-state index contributed by atoms with van der Waals surface area (Å²) in [7, 11) is 2.12. The normalized spacial score (nSPS) is 21.3. The van der Waals surface area contributed by atoms with Crippen LogP contribution in [0.1, 0.15) is 38.5 Å². The van der Waals surface area contributed by atoms with E-state index < -0.39 is 0 Å². The topological polar surface area (TPSA) is 64.0 Å². The molecular weight excluding hydrogens is 492 g/mol. The molecule has 39 heavy (non-hydrogen) atoms. The fourth-order valence-electron chi connectivity index (χ4n) is 5.48. The first-order valence-electron chi connectivity index (χ1n) is 14.3. The van der Waals surface area contributed by atoms with Gasteiger partial charge >= 0.3 is 0 Å². The van der Waals surface area contributed by atoms with Crippen LogP contribution in [0.4, 0.5) is 0 Å². The van der Waals surface area contributed by atoms with E-state index in [4.69, 9.17) is 23.7 Å². The van der Waals surface area contributed by atoms with Gasteiger partial charge in [-0.2, -0.15) is 0 Å². The third-order valence-corrected chi connectivity index (χ3v) is 7.78. The first-order valence-corrected chi connectivity index (χ1v) is 14.3. The Morgan fingerprint density at radius 2 is 1.72 bits per heavy atom. The van der Waals surface area contributed by atoms with E-state index >= 15 is 0 Å². The van der Waals surface area contributed by atoms with Gasteiger partial charge in [0.25, 0.3) is 0 Å². The molecule has 2 aliphatic rings. The minimum Gasteiger partial charge on any atom is -0.474 e. The largest absolute Gasteiger partial charge is 0.474 e. The Labute approximate surface area is 230 Å². The van der Waals surface area contributed by atoms with Gasteiger partial charge in [0.05, 0.1) is 19.3 Å². The van der Waals surface area contributed by atoms with Gasteiger partial charge in [0.1, 0.15) is 6.10 Å². The van der Waals surface area contributed by atoms with Gasteiger partial charge in [0.15, 0.2) is 6.29 Å². The fraction of sp³-hybridized carbons (Fsp3) is 0.469. The van der Waals surface area contributed by atoms with Gasteiger partial charge in [0, 0.05) is 79.3 Å². The summed E-state index contributed by atoms with van der Waals surface area (Å²) in [6.45, 7) is 3.39. The van der Waals surface area contributed by atoms with Gasteiger partial charge in [-0.25, -0.2) is 4.98 Å². The third kappa shape index (κ3) is 6.28. The van der Waals surface area contributed by atoms with Crippen LogP contribution in [0, 0.1) is 0 Å². The average molecular weight is 531 g/mol. The van der Waals surface area contributed by atoms with E-state index in [9.17, 15) is 0 Å². The van der Waals surface area contributed by atoms with Crippen LogP contribution in [0.3, 0.4) is 0 Å². The summed E-state index contributed by atoms with van der Waals surface area (Å²) < 4.78 is 31.2. The number of aromatic nitrogens is 2. The molecule has 7 heteroatoms. The number of ether oxygens (including phenoxy) is 5. The zero-order valence-electron chi connectivity index (χ0n) is 22.7. The molecule has 206 valence electrons. The SMILES string of the molecule is Cn1c2ccccc2c2ccc(-c3ccc(OC4CC(OCCCOCCOC5CCCCO5)C4)nc3)cc21. The maximum absolute atomic E-state index is 6.08. The van der Waals surface area contributed by atoms with Crippen LogP contribution >= 0.6 is 0 Å². The molecule has 0 radical (unpaired) electrons.